The Morgan fingerprint density at radius 2 is 2.26 bits per heavy atom. The molecule has 1 unspecified atom stereocenters. The van der Waals surface area contributed by atoms with Crippen molar-refractivity contribution in [2.24, 2.45) is 5.92 Å². The van der Waals surface area contributed by atoms with E-state index in [9.17, 15) is 4.79 Å². The maximum atomic E-state index is 12.6. The summed E-state index contributed by atoms with van der Waals surface area (Å²) in [5, 5.41) is 3.97. The number of anilines is 2. The zero-order chi connectivity index (χ0) is 19.6. The third-order valence-electron chi connectivity index (χ3n) is 5.15. The summed E-state index contributed by atoms with van der Waals surface area (Å²) in [6.07, 6.45) is 6.77. The molecule has 0 aliphatic carbocycles. The number of pyridine rings is 1. The van der Waals surface area contributed by atoms with Crippen molar-refractivity contribution >= 4 is 44.2 Å². The molecule has 1 aliphatic rings. The number of carbonyl (C=O) groups is 1. The normalized spacial score (nSPS) is 18.9. The van der Waals surface area contributed by atoms with Gasteiger partial charge in [-0.15, -0.1) is 0 Å². The van der Waals surface area contributed by atoms with Crippen molar-refractivity contribution in [2.75, 3.05) is 23.3 Å². The smallest absolute Gasteiger partial charge is 0.253 e. The second kappa shape index (κ2) is 8.61. The third kappa shape index (κ3) is 4.46. The highest BCUT2D eigenvalue weighted by Crippen LogP contribution is 2.39. The van der Waals surface area contributed by atoms with Gasteiger partial charge in [0.25, 0.3) is 5.91 Å². The number of nitrogens with one attached hydrogen (secondary N) is 2. The van der Waals surface area contributed by atoms with Crippen molar-refractivity contribution in [3.63, 3.8) is 0 Å². The number of aromatic amines is 1. The summed E-state index contributed by atoms with van der Waals surface area (Å²) in [5.74, 6) is 0.547. The minimum Gasteiger partial charge on any atom is -0.370 e. The number of H-pyrrole nitrogens is 1. The summed E-state index contributed by atoms with van der Waals surface area (Å²) in [5.41, 5.74) is 2.63. The predicted molar refractivity (Wildman–Crippen MR) is 113 cm³/mol. The number of amides is 1. The van der Waals surface area contributed by atoms with E-state index in [-0.39, 0.29) is 12.0 Å². The van der Waals surface area contributed by atoms with E-state index in [2.05, 4.69) is 43.0 Å². The number of rotatable bonds is 6. The molecular weight excluding hydrogens is 408 g/mol. The highest BCUT2D eigenvalue weighted by atomic mass is 79.9. The van der Waals surface area contributed by atoms with Crippen LogP contribution in [0, 0.1) is 5.92 Å². The van der Waals surface area contributed by atoms with E-state index in [1.807, 2.05) is 26.2 Å². The lowest BCUT2D eigenvalue weighted by Gasteiger charge is -2.35. The van der Waals surface area contributed by atoms with E-state index < -0.39 is 6.10 Å². The molecule has 0 saturated carbocycles. The first-order valence-corrected chi connectivity index (χ1v) is 10.6. The van der Waals surface area contributed by atoms with Crippen LogP contribution in [0.15, 0.2) is 16.9 Å². The van der Waals surface area contributed by atoms with Crippen molar-refractivity contribution in [3.8, 4) is 0 Å². The monoisotopic (exact) mass is 436 g/mol. The van der Waals surface area contributed by atoms with E-state index in [1.54, 1.807) is 6.92 Å². The fourth-order valence-electron chi connectivity index (χ4n) is 3.77. The SMILES string of the molecule is CC[C@@H]1CCCN(c2c(Br)cnc3[nH]cc(NC(=O)C(C)OC(C)C)c23)C1. The van der Waals surface area contributed by atoms with Gasteiger partial charge in [-0.05, 0) is 55.5 Å². The Balaban J connectivity index is 1.94. The van der Waals surface area contributed by atoms with Crippen LogP contribution in [0.2, 0.25) is 0 Å². The molecule has 2 N–H and O–H groups in total. The van der Waals surface area contributed by atoms with Gasteiger partial charge < -0.3 is 19.9 Å². The zero-order valence-corrected chi connectivity index (χ0v) is 18.1. The standard InChI is InChI=1S/C20H29BrN4O2/c1-5-14-7-6-8-25(11-14)18-15(21)9-22-19-17(18)16(10-23-19)24-20(26)13(4)27-12(2)3/h9-10,12-14H,5-8,11H2,1-4H3,(H,22,23)(H,24,26)/t13?,14-/m1/s1. The van der Waals surface area contributed by atoms with Gasteiger partial charge in [0.2, 0.25) is 0 Å². The highest BCUT2D eigenvalue weighted by Gasteiger charge is 2.25. The first kappa shape index (κ1) is 20.1. The summed E-state index contributed by atoms with van der Waals surface area (Å²) < 4.78 is 6.57. The molecule has 2 aromatic heterocycles. The summed E-state index contributed by atoms with van der Waals surface area (Å²) in [6, 6.07) is 0. The van der Waals surface area contributed by atoms with Crippen molar-refractivity contribution in [3.05, 3.63) is 16.9 Å². The van der Waals surface area contributed by atoms with Gasteiger partial charge in [0.15, 0.2) is 0 Å². The number of ether oxygens (including phenoxy) is 1. The van der Waals surface area contributed by atoms with Gasteiger partial charge in [-0.25, -0.2) is 4.98 Å². The van der Waals surface area contributed by atoms with E-state index in [0.29, 0.717) is 5.92 Å². The molecule has 27 heavy (non-hydrogen) atoms. The van der Waals surface area contributed by atoms with Crippen molar-refractivity contribution < 1.29 is 9.53 Å². The van der Waals surface area contributed by atoms with Crippen LogP contribution in [-0.2, 0) is 9.53 Å². The van der Waals surface area contributed by atoms with Crippen LogP contribution in [0.3, 0.4) is 0 Å². The van der Waals surface area contributed by atoms with Crippen LogP contribution in [-0.4, -0.2) is 41.2 Å². The molecule has 1 aliphatic heterocycles. The Bertz CT molecular complexity index is 805. The first-order valence-electron chi connectivity index (χ1n) is 9.77. The van der Waals surface area contributed by atoms with E-state index in [1.165, 1.54) is 19.3 Å². The average molecular weight is 437 g/mol. The second-order valence-electron chi connectivity index (χ2n) is 7.56. The molecule has 148 valence electrons. The van der Waals surface area contributed by atoms with Crippen LogP contribution < -0.4 is 10.2 Å². The Kier molecular flexibility index (Phi) is 6.42. The van der Waals surface area contributed by atoms with E-state index >= 15 is 0 Å². The fraction of sp³-hybridized carbons (Fsp3) is 0.600. The lowest BCUT2D eigenvalue weighted by molar-refractivity contribution is -0.128. The molecule has 0 radical (unpaired) electrons. The summed E-state index contributed by atoms with van der Waals surface area (Å²) in [6.45, 7) is 9.92. The molecule has 2 aromatic rings. The molecule has 3 heterocycles. The van der Waals surface area contributed by atoms with Gasteiger partial charge in [-0.1, -0.05) is 13.3 Å². The van der Waals surface area contributed by atoms with Gasteiger partial charge in [0.1, 0.15) is 11.8 Å². The maximum absolute atomic E-state index is 12.6. The predicted octanol–water partition coefficient (Wildman–Crippen LogP) is 4.70. The molecule has 7 heteroatoms. The Morgan fingerprint density at radius 1 is 1.48 bits per heavy atom. The number of carbonyl (C=O) groups excluding carboxylic acids is 1. The minimum absolute atomic E-state index is 0.000539. The number of fused-ring (bicyclic) bond motifs is 1. The number of nitrogens with zero attached hydrogens (tertiary/aromatic N) is 2. The lowest BCUT2D eigenvalue weighted by atomic mass is 9.95. The Morgan fingerprint density at radius 3 is 2.96 bits per heavy atom. The first-order chi connectivity index (χ1) is 12.9. The highest BCUT2D eigenvalue weighted by molar-refractivity contribution is 9.10. The Hall–Kier alpha value is -1.60. The summed E-state index contributed by atoms with van der Waals surface area (Å²) >= 11 is 3.69. The quantitative estimate of drug-likeness (QED) is 0.687. The summed E-state index contributed by atoms with van der Waals surface area (Å²) in [7, 11) is 0. The molecular formula is C20H29BrN4O2. The van der Waals surface area contributed by atoms with E-state index in [4.69, 9.17) is 4.74 Å². The Labute approximate surface area is 169 Å². The van der Waals surface area contributed by atoms with Gasteiger partial charge in [-0.3, -0.25) is 4.79 Å². The number of hydrogen-bond donors (Lipinski definition) is 2. The average Bonchev–Trinajstić information content (AvgIpc) is 3.04. The van der Waals surface area contributed by atoms with Crippen LogP contribution >= 0.6 is 15.9 Å². The molecule has 6 nitrogen and oxygen atoms in total. The van der Waals surface area contributed by atoms with Gasteiger partial charge in [-0.2, -0.15) is 0 Å². The van der Waals surface area contributed by atoms with Gasteiger partial charge in [0, 0.05) is 25.5 Å². The maximum Gasteiger partial charge on any atom is 0.253 e. The molecule has 1 amide bonds. The molecule has 3 rings (SSSR count). The van der Waals surface area contributed by atoms with Crippen LogP contribution in [0.5, 0.6) is 0 Å². The number of aromatic nitrogens is 2. The van der Waals surface area contributed by atoms with Crippen molar-refractivity contribution in [1.82, 2.24) is 9.97 Å². The van der Waals surface area contributed by atoms with Gasteiger partial charge in [0.05, 0.1) is 27.3 Å². The lowest BCUT2D eigenvalue weighted by Crippen LogP contribution is -2.35. The molecule has 0 spiro atoms. The van der Waals surface area contributed by atoms with Crippen LogP contribution in [0.1, 0.15) is 47.0 Å². The second-order valence-corrected chi connectivity index (χ2v) is 8.41. The van der Waals surface area contributed by atoms with Gasteiger partial charge >= 0.3 is 0 Å². The number of hydrogen-bond acceptors (Lipinski definition) is 4. The molecule has 0 aromatic carbocycles. The number of piperidine rings is 1. The zero-order valence-electron chi connectivity index (χ0n) is 16.5. The van der Waals surface area contributed by atoms with E-state index in [0.717, 1.165) is 40.0 Å². The summed E-state index contributed by atoms with van der Waals surface area (Å²) in [4.78, 5) is 22.7. The number of halogens is 1. The largest absolute Gasteiger partial charge is 0.370 e. The fourth-order valence-corrected chi connectivity index (χ4v) is 4.32. The van der Waals surface area contributed by atoms with Crippen LogP contribution in [0.25, 0.3) is 11.0 Å². The third-order valence-corrected chi connectivity index (χ3v) is 5.73. The van der Waals surface area contributed by atoms with Crippen molar-refractivity contribution in [2.45, 2.75) is 59.2 Å². The van der Waals surface area contributed by atoms with Crippen LogP contribution in [0.4, 0.5) is 11.4 Å². The molecule has 2 atom stereocenters. The topological polar surface area (TPSA) is 70.2 Å². The van der Waals surface area contributed by atoms with Crippen molar-refractivity contribution in [1.29, 1.82) is 0 Å². The molecule has 1 fully saturated rings. The molecule has 0 bridgehead atoms. The molecule has 1 saturated heterocycles. The minimum atomic E-state index is -0.516.